The van der Waals surface area contributed by atoms with Crippen LogP contribution in [-0.2, 0) is 11.2 Å². The number of halogens is 3. The van der Waals surface area contributed by atoms with E-state index < -0.39 is 23.5 Å². The van der Waals surface area contributed by atoms with Gasteiger partial charge in [0.05, 0.1) is 0 Å². The maximum atomic E-state index is 13.8. The second-order valence-corrected chi connectivity index (χ2v) is 7.86. The van der Waals surface area contributed by atoms with Gasteiger partial charge in [0.15, 0.2) is 11.6 Å². The lowest BCUT2D eigenvalue weighted by Gasteiger charge is -2.29. The molecule has 0 spiro atoms. The van der Waals surface area contributed by atoms with Gasteiger partial charge in [-0.05, 0) is 56.2 Å². The minimum Gasteiger partial charge on any atom is -0.338 e. The molecule has 3 N–H and O–H groups in total. The zero-order valence-corrected chi connectivity index (χ0v) is 15.5. The number of hydrogen-bond donors (Lipinski definition) is 2. The number of carbonyl (C=O) groups excluding carboxylic acids is 1. The van der Waals surface area contributed by atoms with Crippen LogP contribution in [0.1, 0.15) is 44.1 Å². The first-order chi connectivity index (χ1) is 12.9. The van der Waals surface area contributed by atoms with Crippen molar-refractivity contribution in [1.82, 2.24) is 10.2 Å². The topological polar surface area (TPSA) is 58.4 Å². The van der Waals surface area contributed by atoms with Crippen molar-refractivity contribution in [2.75, 3.05) is 19.6 Å². The standard InChI is InChI=1S/C20H28F3N3O/c21-17-10-19(23)18(22)8-14(17)7-15(24)9-20(27)26-6-2-5-16(26)12-25-11-13-3-1-4-13/h8,10,13,15-16,25H,1-7,9,11-12,24H2/t15-,16?/m1/s1. The molecule has 1 unspecified atom stereocenters. The average Bonchev–Trinajstić information content (AvgIpc) is 3.03. The minimum absolute atomic E-state index is 0.00524. The van der Waals surface area contributed by atoms with Gasteiger partial charge in [0, 0.05) is 37.7 Å². The second-order valence-electron chi connectivity index (χ2n) is 7.86. The van der Waals surface area contributed by atoms with Crippen molar-refractivity contribution in [2.45, 2.75) is 57.0 Å². The lowest BCUT2D eigenvalue weighted by atomic mass is 9.85. The van der Waals surface area contributed by atoms with Crippen molar-refractivity contribution in [2.24, 2.45) is 11.7 Å². The van der Waals surface area contributed by atoms with Crippen LogP contribution in [0.5, 0.6) is 0 Å². The summed E-state index contributed by atoms with van der Waals surface area (Å²) >= 11 is 0. The van der Waals surface area contributed by atoms with Crippen LogP contribution in [0, 0.1) is 23.4 Å². The number of amides is 1. The van der Waals surface area contributed by atoms with E-state index in [0.29, 0.717) is 12.6 Å². The molecule has 1 aliphatic heterocycles. The van der Waals surface area contributed by atoms with Crippen LogP contribution in [-0.4, -0.2) is 42.5 Å². The maximum absolute atomic E-state index is 13.8. The zero-order valence-electron chi connectivity index (χ0n) is 15.5. The van der Waals surface area contributed by atoms with Crippen molar-refractivity contribution in [1.29, 1.82) is 0 Å². The number of nitrogens with two attached hydrogens (primary N) is 1. The molecule has 2 fully saturated rings. The van der Waals surface area contributed by atoms with Crippen molar-refractivity contribution in [3.8, 4) is 0 Å². The minimum atomic E-state index is -1.23. The van der Waals surface area contributed by atoms with Gasteiger partial charge in [-0.1, -0.05) is 6.42 Å². The average molecular weight is 383 g/mol. The molecule has 0 aromatic heterocycles. The molecular weight excluding hydrogens is 355 g/mol. The Bertz CT molecular complexity index is 666. The van der Waals surface area contributed by atoms with Gasteiger partial charge in [-0.2, -0.15) is 0 Å². The van der Waals surface area contributed by atoms with Crippen LogP contribution < -0.4 is 11.1 Å². The van der Waals surface area contributed by atoms with E-state index in [4.69, 9.17) is 5.73 Å². The van der Waals surface area contributed by atoms with E-state index in [1.807, 2.05) is 4.90 Å². The summed E-state index contributed by atoms with van der Waals surface area (Å²) < 4.78 is 40.1. The molecule has 3 rings (SSSR count). The first-order valence-corrected chi connectivity index (χ1v) is 9.83. The Morgan fingerprint density at radius 1 is 1.11 bits per heavy atom. The number of benzene rings is 1. The van der Waals surface area contributed by atoms with Gasteiger partial charge < -0.3 is 16.0 Å². The van der Waals surface area contributed by atoms with Crippen LogP contribution in [0.25, 0.3) is 0 Å². The summed E-state index contributed by atoms with van der Waals surface area (Å²) in [7, 11) is 0. The number of likely N-dealkylation sites (tertiary alicyclic amines) is 1. The lowest BCUT2D eigenvalue weighted by Crippen LogP contribution is -2.44. The van der Waals surface area contributed by atoms with Crippen molar-refractivity contribution >= 4 is 5.91 Å². The Hall–Kier alpha value is -1.60. The third-order valence-corrected chi connectivity index (χ3v) is 5.74. The van der Waals surface area contributed by atoms with E-state index in [1.165, 1.54) is 19.3 Å². The highest BCUT2D eigenvalue weighted by Gasteiger charge is 2.29. The molecule has 1 aromatic carbocycles. The summed E-state index contributed by atoms with van der Waals surface area (Å²) in [6.07, 6.45) is 5.89. The molecular formula is C20H28F3N3O. The first-order valence-electron chi connectivity index (χ1n) is 9.83. The highest BCUT2D eigenvalue weighted by Crippen LogP contribution is 2.25. The van der Waals surface area contributed by atoms with Crippen LogP contribution in [0.4, 0.5) is 13.2 Å². The monoisotopic (exact) mass is 383 g/mol. The van der Waals surface area contributed by atoms with Gasteiger partial charge in [-0.3, -0.25) is 4.79 Å². The normalized spacial score (nSPS) is 21.3. The van der Waals surface area contributed by atoms with Crippen LogP contribution in [0.15, 0.2) is 12.1 Å². The number of carbonyl (C=O) groups is 1. The fraction of sp³-hybridized carbons (Fsp3) is 0.650. The Morgan fingerprint density at radius 2 is 1.85 bits per heavy atom. The Balaban J connectivity index is 1.48. The quantitative estimate of drug-likeness (QED) is 0.679. The molecule has 1 heterocycles. The van der Waals surface area contributed by atoms with Gasteiger partial charge in [0.1, 0.15) is 5.82 Å². The number of rotatable bonds is 8. The van der Waals surface area contributed by atoms with E-state index in [0.717, 1.165) is 37.9 Å². The number of hydrogen-bond acceptors (Lipinski definition) is 3. The maximum Gasteiger partial charge on any atom is 0.224 e. The van der Waals surface area contributed by atoms with Crippen molar-refractivity contribution in [3.05, 3.63) is 35.1 Å². The molecule has 150 valence electrons. The van der Waals surface area contributed by atoms with Crippen LogP contribution >= 0.6 is 0 Å². The van der Waals surface area contributed by atoms with E-state index in [1.54, 1.807) is 0 Å². The zero-order chi connectivity index (χ0) is 19.4. The third-order valence-electron chi connectivity index (χ3n) is 5.74. The van der Waals surface area contributed by atoms with E-state index in [2.05, 4.69) is 5.32 Å². The van der Waals surface area contributed by atoms with Gasteiger partial charge in [0.2, 0.25) is 5.91 Å². The molecule has 1 amide bonds. The predicted molar refractivity (Wildman–Crippen MR) is 97.6 cm³/mol. The Kier molecular flexibility index (Phi) is 6.76. The Labute approximate surface area is 158 Å². The molecule has 0 bridgehead atoms. The fourth-order valence-electron chi connectivity index (χ4n) is 3.94. The largest absolute Gasteiger partial charge is 0.338 e. The fourth-order valence-corrected chi connectivity index (χ4v) is 3.94. The molecule has 27 heavy (non-hydrogen) atoms. The second kappa shape index (κ2) is 9.06. The molecule has 1 aliphatic carbocycles. The van der Waals surface area contributed by atoms with Crippen molar-refractivity contribution in [3.63, 3.8) is 0 Å². The molecule has 7 heteroatoms. The smallest absolute Gasteiger partial charge is 0.224 e. The summed E-state index contributed by atoms with van der Waals surface area (Å²) in [6, 6.07) is 0.868. The van der Waals surface area contributed by atoms with E-state index in [-0.39, 0.29) is 30.4 Å². The van der Waals surface area contributed by atoms with Crippen LogP contribution in [0.3, 0.4) is 0 Å². The highest BCUT2D eigenvalue weighted by molar-refractivity contribution is 5.77. The number of nitrogens with one attached hydrogen (secondary N) is 1. The summed E-state index contributed by atoms with van der Waals surface area (Å²) in [5.41, 5.74) is 5.99. The summed E-state index contributed by atoms with van der Waals surface area (Å²) in [4.78, 5) is 14.5. The molecule has 1 saturated heterocycles. The summed E-state index contributed by atoms with van der Waals surface area (Å²) in [5, 5.41) is 3.47. The Morgan fingerprint density at radius 3 is 2.56 bits per heavy atom. The molecule has 1 saturated carbocycles. The highest BCUT2D eigenvalue weighted by atomic mass is 19.2. The molecule has 2 aliphatic rings. The number of nitrogens with zero attached hydrogens (tertiary/aromatic N) is 1. The van der Waals surface area contributed by atoms with Crippen molar-refractivity contribution < 1.29 is 18.0 Å². The summed E-state index contributed by atoms with van der Waals surface area (Å²) in [5.74, 6) is -2.46. The first kappa shape index (κ1) is 20.1. The van der Waals surface area contributed by atoms with Gasteiger partial charge in [0.25, 0.3) is 0 Å². The molecule has 1 aromatic rings. The molecule has 4 nitrogen and oxygen atoms in total. The predicted octanol–water partition coefficient (Wildman–Crippen LogP) is 2.74. The van der Waals surface area contributed by atoms with Gasteiger partial charge >= 0.3 is 0 Å². The van der Waals surface area contributed by atoms with Gasteiger partial charge in [-0.15, -0.1) is 0 Å². The van der Waals surface area contributed by atoms with E-state index in [9.17, 15) is 18.0 Å². The molecule has 2 atom stereocenters. The third kappa shape index (κ3) is 5.23. The molecule has 0 radical (unpaired) electrons. The lowest BCUT2D eigenvalue weighted by molar-refractivity contribution is -0.132. The van der Waals surface area contributed by atoms with E-state index >= 15 is 0 Å². The van der Waals surface area contributed by atoms with Gasteiger partial charge in [-0.25, -0.2) is 13.2 Å². The SMILES string of the molecule is N[C@@H](CC(=O)N1CCCC1CNCC1CCC1)Cc1cc(F)c(F)cc1F. The van der Waals surface area contributed by atoms with Crippen LogP contribution in [0.2, 0.25) is 0 Å². The summed E-state index contributed by atoms with van der Waals surface area (Å²) in [6.45, 7) is 2.50.